The highest BCUT2D eigenvalue weighted by molar-refractivity contribution is 7.89. The second kappa shape index (κ2) is 9.28. The molecule has 3 heterocycles. The summed E-state index contributed by atoms with van der Waals surface area (Å²) in [4.78, 5) is 35.3. The lowest BCUT2D eigenvalue weighted by Crippen LogP contribution is -2.48. The van der Waals surface area contributed by atoms with Gasteiger partial charge in [-0.3, -0.25) is 14.6 Å². The zero-order valence-electron chi connectivity index (χ0n) is 18.5. The number of fused-ring (bicyclic) bond motifs is 1. The number of para-hydroxylation sites is 1. The lowest BCUT2D eigenvalue weighted by molar-refractivity contribution is 0.0997. The molecule has 0 bridgehead atoms. The number of carbonyl (C=O) groups is 1. The molecule has 35 heavy (non-hydrogen) atoms. The van der Waals surface area contributed by atoms with Gasteiger partial charge in [0.2, 0.25) is 10.0 Å². The topological polar surface area (TPSA) is 126 Å². The van der Waals surface area contributed by atoms with Crippen LogP contribution in [0.5, 0.6) is 0 Å². The Morgan fingerprint density at radius 2 is 1.71 bits per heavy atom. The molecule has 0 spiro atoms. The van der Waals surface area contributed by atoms with Crippen molar-refractivity contribution in [2.75, 3.05) is 36.4 Å². The second-order valence-electron chi connectivity index (χ2n) is 7.90. The van der Waals surface area contributed by atoms with E-state index >= 15 is 0 Å². The number of anilines is 2. The number of nitrogens with zero attached hydrogens (tertiary/aromatic N) is 4. The fraction of sp³-hybridized carbons (Fsp3) is 0.167. The molecule has 1 fully saturated rings. The van der Waals surface area contributed by atoms with E-state index in [2.05, 4.69) is 15.3 Å². The summed E-state index contributed by atoms with van der Waals surface area (Å²) in [5.41, 5.74) is 0.362. The molecule has 1 N–H and O–H groups in total. The molecule has 0 unspecified atom stereocenters. The zero-order chi connectivity index (χ0) is 24.4. The van der Waals surface area contributed by atoms with Gasteiger partial charge in [0, 0.05) is 50.3 Å². The van der Waals surface area contributed by atoms with Gasteiger partial charge in [0.25, 0.3) is 5.91 Å². The third kappa shape index (κ3) is 4.63. The van der Waals surface area contributed by atoms with Gasteiger partial charge in [0.1, 0.15) is 11.4 Å². The summed E-state index contributed by atoms with van der Waals surface area (Å²) in [5.74, 6) is -0.0261. The Hall–Kier alpha value is -4.09. The van der Waals surface area contributed by atoms with Gasteiger partial charge in [-0.15, -0.1) is 0 Å². The van der Waals surface area contributed by atoms with Gasteiger partial charge in [0.05, 0.1) is 16.5 Å². The molecule has 1 amide bonds. The van der Waals surface area contributed by atoms with E-state index < -0.39 is 15.9 Å². The summed E-state index contributed by atoms with van der Waals surface area (Å²) in [6.07, 6.45) is 4.85. The van der Waals surface area contributed by atoms with E-state index in [1.807, 2.05) is 4.90 Å². The van der Waals surface area contributed by atoms with E-state index in [9.17, 15) is 18.0 Å². The fourth-order valence-electron chi connectivity index (χ4n) is 3.88. The van der Waals surface area contributed by atoms with E-state index in [0.29, 0.717) is 48.7 Å². The van der Waals surface area contributed by atoms with Crippen LogP contribution in [0.15, 0.2) is 87.3 Å². The van der Waals surface area contributed by atoms with Crippen molar-refractivity contribution in [1.82, 2.24) is 14.3 Å². The van der Waals surface area contributed by atoms with E-state index in [-0.39, 0.29) is 16.1 Å². The number of sulfonamides is 1. The van der Waals surface area contributed by atoms with Gasteiger partial charge in [-0.2, -0.15) is 4.31 Å². The first kappa shape index (κ1) is 22.7. The van der Waals surface area contributed by atoms with E-state index in [4.69, 9.17) is 4.42 Å². The van der Waals surface area contributed by atoms with E-state index in [0.717, 1.165) is 6.07 Å². The molecule has 0 aliphatic carbocycles. The van der Waals surface area contributed by atoms with Crippen LogP contribution in [0.2, 0.25) is 0 Å². The van der Waals surface area contributed by atoms with Gasteiger partial charge in [0.15, 0.2) is 11.2 Å². The Balaban J connectivity index is 1.26. The van der Waals surface area contributed by atoms with Gasteiger partial charge in [-0.1, -0.05) is 12.1 Å². The lowest BCUT2D eigenvalue weighted by atomic mass is 10.2. The van der Waals surface area contributed by atoms with Crippen molar-refractivity contribution in [3.05, 3.63) is 89.2 Å². The van der Waals surface area contributed by atoms with Crippen molar-refractivity contribution >= 4 is 38.4 Å². The van der Waals surface area contributed by atoms with Crippen molar-refractivity contribution in [3.8, 4) is 0 Å². The molecule has 10 nitrogen and oxygen atoms in total. The summed E-state index contributed by atoms with van der Waals surface area (Å²) < 4.78 is 33.2. The number of aromatic nitrogens is 2. The smallest absolute Gasteiger partial charge is 0.291 e. The number of hydrogen-bond donors (Lipinski definition) is 1. The zero-order valence-corrected chi connectivity index (χ0v) is 19.3. The van der Waals surface area contributed by atoms with Crippen LogP contribution in [0.4, 0.5) is 11.5 Å². The predicted molar refractivity (Wildman–Crippen MR) is 130 cm³/mol. The Morgan fingerprint density at radius 1 is 0.971 bits per heavy atom. The molecule has 5 rings (SSSR count). The number of carbonyl (C=O) groups excluding carboxylic acids is 1. The van der Waals surface area contributed by atoms with Crippen LogP contribution < -0.4 is 15.6 Å². The molecular formula is C24H21N5O5S. The van der Waals surface area contributed by atoms with E-state index in [1.54, 1.807) is 42.9 Å². The summed E-state index contributed by atoms with van der Waals surface area (Å²) in [6, 6.07) is 13.7. The molecule has 11 heteroatoms. The molecule has 0 saturated carbocycles. The van der Waals surface area contributed by atoms with Crippen LogP contribution >= 0.6 is 0 Å². The number of hydrogen-bond acceptors (Lipinski definition) is 8. The highest BCUT2D eigenvalue weighted by atomic mass is 32.2. The fourth-order valence-corrected chi connectivity index (χ4v) is 5.30. The first-order chi connectivity index (χ1) is 16.9. The molecule has 178 valence electrons. The van der Waals surface area contributed by atoms with Crippen molar-refractivity contribution in [3.63, 3.8) is 0 Å². The van der Waals surface area contributed by atoms with Crippen LogP contribution in [0, 0.1) is 0 Å². The van der Waals surface area contributed by atoms with Gasteiger partial charge in [-0.05, 0) is 36.4 Å². The van der Waals surface area contributed by atoms with Crippen LogP contribution in [0.3, 0.4) is 0 Å². The first-order valence-electron chi connectivity index (χ1n) is 10.9. The number of benzene rings is 2. The van der Waals surface area contributed by atoms with Crippen molar-refractivity contribution in [2.45, 2.75) is 4.90 Å². The Kier molecular flexibility index (Phi) is 6.01. The van der Waals surface area contributed by atoms with Crippen LogP contribution in [0.1, 0.15) is 10.6 Å². The van der Waals surface area contributed by atoms with Crippen molar-refractivity contribution in [1.29, 1.82) is 0 Å². The summed E-state index contributed by atoms with van der Waals surface area (Å²) in [5, 5.41) is 3.02. The average molecular weight is 492 g/mol. The standard InChI is InChI=1S/C24H21N5O5S/c30-20-15-22(34-21-4-2-1-3-19(20)21)24(31)27-17-5-7-18(8-6-17)35(32,33)29-13-11-28(12-14-29)23-16-25-9-10-26-23/h1-10,15-16H,11-14H2,(H,27,31). The Bertz CT molecular complexity index is 1530. The largest absolute Gasteiger partial charge is 0.451 e. The highest BCUT2D eigenvalue weighted by Crippen LogP contribution is 2.22. The molecule has 1 saturated heterocycles. The maximum absolute atomic E-state index is 13.1. The van der Waals surface area contributed by atoms with Gasteiger partial charge >= 0.3 is 0 Å². The number of rotatable bonds is 5. The normalized spacial score (nSPS) is 14.7. The lowest BCUT2D eigenvalue weighted by Gasteiger charge is -2.34. The molecule has 1 aliphatic rings. The monoisotopic (exact) mass is 491 g/mol. The van der Waals surface area contributed by atoms with Gasteiger partial charge < -0.3 is 14.6 Å². The third-order valence-corrected chi connectivity index (χ3v) is 7.63. The number of piperazine rings is 1. The van der Waals surface area contributed by atoms with Gasteiger partial charge in [-0.25, -0.2) is 13.4 Å². The Labute approximate surface area is 200 Å². The molecular weight excluding hydrogens is 470 g/mol. The van der Waals surface area contributed by atoms with Crippen LogP contribution in [0.25, 0.3) is 11.0 Å². The summed E-state index contributed by atoms with van der Waals surface area (Å²) in [6.45, 7) is 1.64. The first-order valence-corrected chi connectivity index (χ1v) is 12.3. The molecule has 2 aromatic heterocycles. The summed E-state index contributed by atoms with van der Waals surface area (Å²) >= 11 is 0. The van der Waals surface area contributed by atoms with Crippen LogP contribution in [-0.2, 0) is 10.0 Å². The molecule has 2 aromatic carbocycles. The maximum Gasteiger partial charge on any atom is 0.291 e. The maximum atomic E-state index is 13.1. The van der Waals surface area contributed by atoms with Crippen LogP contribution in [-0.4, -0.2) is 54.8 Å². The third-order valence-electron chi connectivity index (χ3n) is 5.72. The predicted octanol–water partition coefficient (Wildman–Crippen LogP) is 2.35. The minimum Gasteiger partial charge on any atom is -0.451 e. The molecule has 1 aliphatic heterocycles. The average Bonchev–Trinajstić information content (AvgIpc) is 2.89. The summed E-state index contributed by atoms with van der Waals surface area (Å²) in [7, 11) is -3.70. The number of nitrogens with one attached hydrogen (secondary N) is 1. The SMILES string of the molecule is O=C(Nc1ccc(S(=O)(=O)N2CCN(c3cnccn3)CC2)cc1)c1cc(=O)c2ccccc2o1. The molecule has 0 atom stereocenters. The highest BCUT2D eigenvalue weighted by Gasteiger charge is 2.29. The van der Waals surface area contributed by atoms with Crippen molar-refractivity contribution < 1.29 is 17.6 Å². The van der Waals surface area contributed by atoms with Crippen molar-refractivity contribution in [2.24, 2.45) is 0 Å². The van der Waals surface area contributed by atoms with E-state index in [1.165, 1.54) is 28.6 Å². The quantitative estimate of drug-likeness (QED) is 0.451. The minimum atomic E-state index is -3.70. The molecule has 4 aromatic rings. The molecule has 0 radical (unpaired) electrons. The number of amides is 1. The minimum absolute atomic E-state index is 0.126. The Morgan fingerprint density at radius 3 is 2.43 bits per heavy atom. The second-order valence-corrected chi connectivity index (χ2v) is 9.84.